The Morgan fingerprint density at radius 3 is 2.79 bits per heavy atom. The SMILES string of the molecule is Cc1ccc(C#CCO)cc1C(=O)N(C)C1CCC1. The number of aryl methyl sites for hydroxylation is 1. The number of amides is 1. The van der Waals surface area contributed by atoms with Crippen LogP contribution in [0.15, 0.2) is 18.2 Å². The van der Waals surface area contributed by atoms with Crippen molar-refractivity contribution in [3.8, 4) is 11.8 Å². The molecule has 0 heterocycles. The molecule has 0 saturated heterocycles. The summed E-state index contributed by atoms with van der Waals surface area (Å²) in [6, 6.07) is 5.98. The fraction of sp³-hybridized carbons (Fsp3) is 0.438. The second-order valence-corrected chi connectivity index (χ2v) is 4.99. The number of aliphatic hydroxyl groups is 1. The predicted molar refractivity (Wildman–Crippen MR) is 74.9 cm³/mol. The molecule has 0 aliphatic heterocycles. The Morgan fingerprint density at radius 2 is 2.21 bits per heavy atom. The lowest BCUT2D eigenvalue weighted by Gasteiger charge is -2.35. The molecule has 0 unspecified atom stereocenters. The van der Waals surface area contributed by atoms with Gasteiger partial charge in [-0.2, -0.15) is 0 Å². The molecule has 0 aromatic heterocycles. The standard InChI is InChI=1S/C16H19NO2/c1-12-8-9-13(5-4-10-18)11-15(12)16(19)17(2)14-6-3-7-14/h8-9,11,14,18H,3,6-7,10H2,1-2H3. The van der Waals surface area contributed by atoms with E-state index < -0.39 is 0 Å². The van der Waals surface area contributed by atoms with E-state index in [1.165, 1.54) is 6.42 Å². The van der Waals surface area contributed by atoms with Crippen LogP contribution in [0, 0.1) is 18.8 Å². The van der Waals surface area contributed by atoms with E-state index in [4.69, 9.17) is 5.11 Å². The fourth-order valence-corrected chi connectivity index (χ4v) is 2.20. The van der Waals surface area contributed by atoms with E-state index in [1.807, 2.05) is 37.1 Å². The van der Waals surface area contributed by atoms with Gasteiger partial charge >= 0.3 is 0 Å². The zero-order chi connectivity index (χ0) is 13.8. The molecule has 3 heteroatoms. The van der Waals surface area contributed by atoms with Gasteiger partial charge < -0.3 is 10.0 Å². The summed E-state index contributed by atoms with van der Waals surface area (Å²) in [4.78, 5) is 14.3. The Bertz CT molecular complexity index is 535. The van der Waals surface area contributed by atoms with Crippen LogP contribution in [0.1, 0.15) is 40.7 Å². The highest BCUT2D eigenvalue weighted by Crippen LogP contribution is 2.25. The number of hydrogen-bond acceptors (Lipinski definition) is 2. The summed E-state index contributed by atoms with van der Waals surface area (Å²) in [5.41, 5.74) is 2.44. The highest BCUT2D eigenvalue weighted by molar-refractivity contribution is 5.96. The molecular formula is C16H19NO2. The minimum absolute atomic E-state index is 0.0647. The molecule has 1 aliphatic carbocycles. The van der Waals surface area contributed by atoms with Crippen LogP contribution in [0.2, 0.25) is 0 Å². The van der Waals surface area contributed by atoms with Crippen molar-refractivity contribution in [1.29, 1.82) is 0 Å². The third-order valence-corrected chi connectivity index (χ3v) is 3.72. The van der Waals surface area contributed by atoms with Crippen molar-refractivity contribution in [3.05, 3.63) is 34.9 Å². The van der Waals surface area contributed by atoms with Crippen molar-refractivity contribution in [2.24, 2.45) is 0 Å². The summed E-state index contributed by atoms with van der Waals surface area (Å²) >= 11 is 0. The Kier molecular flexibility index (Phi) is 4.24. The van der Waals surface area contributed by atoms with E-state index in [9.17, 15) is 4.79 Å². The minimum atomic E-state index is -0.168. The minimum Gasteiger partial charge on any atom is -0.384 e. The fourth-order valence-electron chi connectivity index (χ4n) is 2.20. The van der Waals surface area contributed by atoms with E-state index >= 15 is 0 Å². The first-order chi connectivity index (χ1) is 9.13. The summed E-state index contributed by atoms with van der Waals surface area (Å²) < 4.78 is 0. The van der Waals surface area contributed by atoms with Gasteiger partial charge in [0.05, 0.1) is 0 Å². The molecule has 0 radical (unpaired) electrons. The van der Waals surface area contributed by atoms with Crippen LogP contribution in [0.4, 0.5) is 0 Å². The van der Waals surface area contributed by atoms with Crippen molar-refractivity contribution < 1.29 is 9.90 Å². The van der Waals surface area contributed by atoms with Crippen LogP contribution in [0.5, 0.6) is 0 Å². The highest BCUT2D eigenvalue weighted by Gasteiger charge is 2.26. The summed E-state index contributed by atoms with van der Waals surface area (Å²) in [6.07, 6.45) is 3.42. The molecule has 0 bridgehead atoms. The predicted octanol–water partition coefficient (Wildman–Crippen LogP) is 1.96. The van der Waals surface area contributed by atoms with Crippen LogP contribution in [-0.4, -0.2) is 35.6 Å². The Labute approximate surface area is 114 Å². The van der Waals surface area contributed by atoms with E-state index in [1.54, 1.807) is 0 Å². The maximum Gasteiger partial charge on any atom is 0.254 e. The van der Waals surface area contributed by atoms with Gasteiger partial charge in [-0.25, -0.2) is 0 Å². The zero-order valence-corrected chi connectivity index (χ0v) is 11.4. The maximum atomic E-state index is 12.5. The number of nitrogens with zero attached hydrogens (tertiary/aromatic N) is 1. The molecule has 1 aromatic carbocycles. The van der Waals surface area contributed by atoms with Gasteiger partial charge in [-0.1, -0.05) is 17.9 Å². The van der Waals surface area contributed by atoms with E-state index in [-0.39, 0.29) is 12.5 Å². The van der Waals surface area contributed by atoms with Crippen LogP contribution >= 0.6 is 0 Å². The van der Waals surface area contributed by atoms with Crippen LogP contribution in [0.3, 0.4) is 0 Å². The molecule has 2 rings (SSSR count). The topological polar surface area (TPSA) is 40.5 Å². The van der Waals surface area contributed by atoms with Gasteiger partial charge in [-0.15, -0.1) is 0 Å². The first-order valence-corrected chi connectivity index (χ1v) is 6.61. The second-order valence-electron chi connectivity index (χ2n) is 4.99. The molecule has 1 aromatic rings. The average Bonchev–Trinajstić information content (AvgIpc) is 2.35. The van der Waals surface area contributed by atoms with Gasteiger partial charge in [-0.05, 0) is 43.9 Å². The average molecular weight is 257 g/mol. The zero-order valence-electron chi connectivity index (χ0n) is 11.4. The molecular weight excluding hydrogens is 238 g/mol. The van der Waals surface area contributed by atoms with Gasteiger partial charge in [-0.3, -0.25) is 4.79 Å². The van der Waals surface area contributed by atoms with Crippen molar-refractivity contribution in [2.75, 3.05) is 13.7 Å². The summed E-state index contributed by atoms with van der Waals surface area (Å²) in [6.45, 7) is 1.77. The number of rotatable bonds is 2. The molecule has 0 atom stereocenters. The van der Waals surface area contributed by atoms with E-state index in [0.717, 1.165) is 24.0 Å². The molecule has 1 saturated carbocycles. The monoisotopic (exact) mass is 257 g/mol. The van der Waals surface area contributed by atoms with Crippen LogP contribution in [-0.2, 0) is 0 Å². The van der Waals surface area contributed by atoms with Crippen molar-refractivity contribution in [2.45, 2.75) is 32.2 Å². The van der Waals surface area contributed by atoms with Crippen molar-refractivity contribution >= 4 is 5.91 Å². The van der Waals surface area contributed by atoms with Crippen molar-refractivity contribution in [1.82, 2.24) is 4.90 Å². The quantitative estimate of drug-likeness (QED) is 0.823. The first kappa shape index (κ1) is 13.6. The lowest BCUT2D eigenvalue weighted by atomic mass is 9.91. The summed E-state index contributed by atoms with van der Waals surface area (Å²) in [7, 11) is 1.87. The number of hydrogen-bond donors (Lipinski definition) is 1. The molecule has 19 heavy (non-hydrogen) atoms. The first-order valence-electron chi connectivity index (χ1n) is 6.61. The second kappa shape index (κ2) is 5.90. The normalized spacial score (nSPS) is 14.3. The van der Waals surface area contributed by atoms with Gasteiger partial charge in [0.15, 0.2) is 0 Å². The van der Waals surface area contributed by atoms with Gasteiger partial charge in [0, 0.05) is 24.2 Å². The Hall–Kier alpha value is -1.79. The third-order valence-electron chi connectivity index (χ3n) is 3.72. The number of benzene rings is 1. The Balaban J connectivity index is 2.24. The molecule has 0 spiro atoms. The Morgan fingerprint density at radius 1 is 1.47 bits per heavy atom. The van der Waals surface area contributed by atoms with Crippen molar-refractivity contribution in [3.63, 3.8) is 0 Å². The lowest BCUT2D eigenvalue weighted by Crippen LogP contribution is -2.41. The smallest absolute Gasteiger partial charge is 0.254 e. The number of aliphatic hydroxyl groups excluding tert-OH is 1. The number of carbonyl (C=O) groups is 1. The largest absolute Gasteiger partial charge is 0.384 e. The van der Waals surface area contributed by atoms with Gasteiger partial charge in [0.2, 0.25) is 0 Å². The molecule has 1 fully saturated rings. The highest BCUT2D eigenvalue weighted by atomic mass is 16.2. The maximum absolute atomic E-state index is 12.5. The van der Waals surface area contributed by atoms with E-state index in [2.05, 4.69) is 11.8 Å². The molecule has 1 N–H and O–H groups in total. The molecule has 1 aliphatic rings. The third kappa shape index (κ3) is 2.97. The molecule has 3 nitrogen and oxygen atoms in total. The molecule has 1 amide bonds. The van der Waals surface area contributed by atoms with Gasteiger partial charge in [0.25, 0.3) is 5.91 Å². The van der Waals surface area contributed by atoms with E-state index in [0.29, 0.717) is 11.6 Å². The van der Waals surface area contributed by atoms with Gasteiger partial charge in [0.1, 0.15) is 6.61 Å². The molecule has 100 valence electrons. The van der Waals surface area contributed by atoms with Crippen LogP contribution in [0.25, 0.3) is 0 Å². The lowest BCUT2D eigenvalue weighted by molar-refractivity contribution is 0.0651. The summed E-state index contributed by atoms with van der Waals surface area (Å²) in [5, 5.41) is 8.71. The number of carbonyl (C=O) groups excluding carboxylic acids is 1. The summed E-state index contributed by atoms with van der Waals surface area (Å²) in [5.74, 6) is 5.51. The van der Waals surface area contributed by atoms with Crippen LogP contribution < -0.4 is 0 Å².